The molecule has 1 amide bonds. The molecule has 18 heavy (non-hydrogen) atoms. The quantitative estimate of drug-likeness (QED) is 0.763. The molecule has 2 rings (SSSR count). The van der Waals surface area contributed by atoms with Crippen LogP contribution >= 0.6 is 0 Å². The Balaban J connectivity index is 2.02. The van der Waals surface area contributed by atoms with Gasteiger partial charge in [0.1, 0.15) is 0 Å². The molecule has 1 aliphatic rings. The maximum Gasteiger partial charge on any atom is 0.230 e. The van der Waals surface area contributed by atoms with Gasteiger partial charge in [0.15, 0.2) is 11.6 Å². The standard InChI is InChI=1S/C11H15N5O2/c1-15-5-7(3-8(15)4-12)11(18)13-10-9(17)6-16(2)14-10/h6-8,17H,3,5H2,1-2H3,(H,13,14,18). The van der Waals surface area contributed by atoms with Gasteiger partial charge in [-0.1, -0.05) is 0 Å². The summed E-state index contributed by atoms with van der Waals surface area (Å²) in [5, 5.41) is 24.9. The first-order valence-corrected chi connectivity index (χ1v) is 5.64. The summed E-state index contributed by atoms with van der Waals surface area (Å²) < 4.78 is 1.42. The average Bonchev–Trinajstić information content (AvgIpc) is 2.82. The lowest BCUT2D eigenvalue weighted by atomic mass is 10.1. The number of likely N-dealkylation sites (tertiary alicyclic amines) is 1. The van der Waals surface area contributed by atoms with Crippen LogP contribution in [-0.2, 0) is 11.8 Å². The number of aromatic nitrogens is 2. The van der Waals surface area contributed by atoms with E-state index < -0.39 is 0 Å². The van der Waals surface area contributed by atoms with Crippen molar-refractivity contribution in [3.8, 4) is 11.8 Å². The zero-order chi connectivity index (χ0) is 13.3. The Morgan fingerprint density at radius 1 is 1.67 bits per heavy atom. The molecule has 1 aromatic heterocycles. The van der Waals surface area contributed by atoms with Crippen LogP contribution in [-0.4, -0.2) is 45.3 Å². The van der Waals surface area contributed by atoms with E-state index in [0.29, 0.717) is 13.0 Å². The summed E-state index contributed by atoms with van der Waals surface area (Å²) in [4.78, 5) is 13.8. The molecule has 7 heteroatoms. The highest BCUT2D eigenvalue weighted by Crippen LogP contribution is 2.25. The van der Waals surface area contributed by atoms with E-state index in [9.17, 15) is 9.90 Å². The van der Waals surface area contributed by atoms with Crippen LogP contribution in [0.5, 0.6) is 5.75 Å². The van der Waals surface area contributed by atoms with Crippen molar-refractivity contribution in [2.24, 2.45) is 13.0 Å². The summed E-state index contributed by atoms with van der Waals surface area (Å²) in [6, 6.07) is 1.93. The zero-order valence-electron chi connectivity index (χ0n) is 10.3. The average molecular weight is 249 g/mol. The van der Waals surface area contributed by atoms with Gasteiger partial charge in [-0.05, 0) is 13.5 Å². The molecule has 0 aromatic carbocycles. The van der Waals surface area contributed by atoms with Gasteiger partial charge in [-0.25, -0.2) is 0 Å². The fourth-order valence-corrected chi connectivity index (χ4v) is 2.12. The van der Waals surface area contributed by atoms with Crippen LogP contribution in [0.4, 0.5) is 5.82 Å². The highest BCUT2D eigenvalue weighted by Gasteiger charge is 2.34. The van der Waals surface area contributed by atoms with Crippen LogP contribution in [0, 0.1) is 17.2 Å². The molecule has 0 spiro atoms. The van der Waals surface area contributed by atoms with Crippen molar-refractivity contribution in [3.05, 3.63) is 6.20 Å². The largest absolute Gasteiger partial charge is 0.503 e. The molecule has 1 aliphatic heterocycles. The van der Waals surface area contributed by atoms with Gasteiger partial charge in [0, 0.05) is 13.6 Å². The first-order valence-electron chi connectivity index (χ1n) is 5.64. The van der Waals surface area contributed by atoms with E-state index in [4.69, 9.17) is 5.26 Å². The minimum atomic E-state index is -0.249. The second-order valence-corrected chi connectivity index (χ2v) is 4.54. The van der Waals surface area contributed by atoms with E-state index in [0.717, 1.165) is 0 Å². The zero-order valence-corrected chi connectivity index (χ0v) is 10.3. The van der Waals surface area contributed by atoms with E-state index >= 15 is 0 Å². The third kappa shape index (κ3) is 2.28. The molecule has 7 nitrogen and oxygen atoms in total. The van der Waals surface area contributed by atoms with Gasteiger partial charge in [0.2, 0.25) is 5.91 Å². The maximum atomic E-state index is 12.0. The van der Waals surface area contributed by atoms with Gasteiger partial charge in [0.05, 0.1) is 24.2 Å². The number of nitrogens with zero attached hydrogens (tertiary/aromatic N) is 4. The normalized spacial score (nSPS) is 23.8. The minimum Gasteiger partial charge on any atom is -0.503 e. The number of carbonyl (C=O) groups is 1. The van der Waals surface area contributed by atoms with Crippen molar-refractivity contribution in [2.45, 2.75) is 12.5 Å². The van der Waals surface area contributed by atoms with Crippen molar-refractivity contribution in [2.75, 3.05) is 18.9 Å². The molecule has 1 fully saturated rings. The second kappa shape index (κ2) is 4.66. The number of amides is 1. The van der Waals surface area contributed by atoms with Crippen LogP contribution < -0.4 is 5.32 Å². The molecule has 1 aromatic rings. The van der Waals surface area contributed by atoms with Crippen molar-refractivity contribution in [1.29, 1.82) is 5.26 Å². The Kier molecular flexibility index (Phi) is 3.21. The Morgan fingerprint density at radius 3 is 2.89 bits per heavy atom. The minimum absolute atomic E-state index is 0.0611. The van der Waals surface area contributed by atoms with Crippen LogP contribution in [0.2, 0.25) is 0 Å². The third-order valence-electron chi connectivity index (χ3n) is 3.12. The van der Waals surface area contributed by atoms with E-state index in [2.05, 4.69) is 16.5 Å². The Bertz CT molecular complexity index is 504. The van der Waals surface area contributed by atoms with Crippen molar-refractivity contribution < 1.29 is 9.90 Å². The number of carbonyl (C=O) groups excluding carboxylic acids is 1. The van der Waals surface area contributed by atoms with Gasteiger partial charge < -0.3 is 10.4 Å². The topological polar surface area (TPSA) is 94.2 Å². The van der Waals surface area contributed by atoms with Gasteiger partial charge in [-0.2, -0.15) is 10.4 Å². The predicted octanol–water partition coefficient (Wildman–Crippen LogP) is -0.0919. The van der Waals surface area contributed by atoms with Crippen LogP contribution in [0.1, 0.15) is 6.42 Å². The van der Waals surface area contributed by atoms with E-state index in [1.165, 1.54) is 10.9 Å². The Morgan fingerprint density at radius 2 is 2.39 bits per heavy atom. The maximum absolute atomic E-state index is 12.0. The Hall–Kier alpha value is -2.07. The fraction of sp³-hybridized carbons (Fsp3) is 0.545. The van der Waals surface area contributed by atoms with E-state index in [-0.39, 0.29) is 29.4 Å². The lowest BCUT2D eigenvalue weighted by Crippen LogP contribution is -2.26. The molecule has 2 unspecified atom stereocenters. The molecule has 96 valence electrons. The number of aromatic hydroxyl groups is 1. The van der Waals surface area contributed by atoms with Gasteiger partial charge in [-0.3, -0.25) is 14.4 Å². The number of nitriles is 1. The number of anilines is 1. The predicted molar refractivity (Wildman–Crippen MR) is 63.6 cm³/mol. The van der Waals surface area contributed by atoms with Gasteiger partial charge in [0.25, 0.3) is 0 Å². The lowest BCUT2D eigenvalue weighted by Gasteiger charge is -2.10. The van der Waals surface area contributed by atoms with Gasteiger partial charge >= 0.3 is 0 Å². The molecular formula is C11H15N5O2. The highest BCUT2D eigenvalue weighted by atomic mass is 16.3. The van der Waals surface area contributed by atoms with Crippen molar-refractivity contribution in [1.82, 2.24) is 14.7 Å². The molecular weight excluding hydrogens is 234 g/mol. The van der Waals surface area contributed by atoms with Crippen LogP contribution in [0.25, 0.3) is 0 Å². The fourth-order valence-electron chi connectivity index (χ4n) is 2.12. The first-order chi connectivity index (χ1) is 8.51. The summed E-state index contributed by atoms with van der Waals surface area (Å²) in [5.74, 6) is -0.366. The number of rotatable bonds is 2. The summed E-state index contributed by atoms with van der Waals surface area (Å²) in [6.07, 6.45) is 1.92. The molecule has 2 heterocycles. The number of hydrogen-bond acceptors (Lipinski definition) is 5. The smallest absolute Gasteiger partial charge is 0.230 e. The summed E-state index contributed by atoms with van der Waals surface area (Å²) in [6.45, 7) is 0.539. The summed E-state index contributed by atoms with van der Waals surface area (Å²) in [5.41, 5.74) is 0. The molecule has 2 N–H and O–H groups in total. The first kappa shape index (κ1) is 12.4. The molecule has 0 radical (unpaired) electrons. The Labute approximate surface area is 105 Å². The highest BCUT2D eigenvalue weighted by molar-refractivity contribution is 5.93. The van der Waals surface area contributed by atoms with Crippen LogP contribution in [0.3, 0.4) is 0 Å². The number of nitrogens with one attached hydrogen (secondary N) is 1. The molecule has 0 bridgehead atoms. The second-order valence-electron chi connectivity index (χ2n) is 4.54. The van der Waals surface area contributed by atoms with E-state index in [1.54, 1.807) is 7.05 Å². The van der Waals surface area contributed by atoms with E-state index in [1.807, 2.05) is 11.9 Å². The molecule has 0 saturated carbocycles. The monoisotopic (exact) mass is 249 g/mol. The number of aryl methyl sites for hydroxylation is 1. The van der Waals surface area contributed by atoms with Crippen LogP contribution in [0.15, 0.2) is 6.20 Å². The summed E-state index contributed by atoms with van der Waals surface area (Å²) >= 11 is 0. The SMILES string of the molecule is CN1CC(C(=O)Nc2nn(C)cc2O)CC1C#N. The number of hydrogen-bond donors (Lipinski definition) is 2. The molecule has 0 aliphatic carbocycles. The molecule has 1 saturated heterocycles. The summed E-state index contributed by atoms with van der Waals surface area (Å²) in [7, 11) is 3.48. The molecule has 2 atom stereocenters. The lowest BCUT2D eigenvalue weighted by molar-refractivity contribution is -0.119. The van der Waals surface area contributed by atoms with Gasteiger partial charge in [-0.15, -0.1) is 0 Å². The van der Waals surface area contributed by atoms with Crippen molar-refractivity contribution >= 4 is 11.7 Å². The third-order valence-corrected chi connectivity index (χ3v) is 3.12. The van der Waals surface area contributed by atoms with Crippen molar-refractivity contribution in [3.63, 3.8) is 0 Å².